The van der Waals surface area contributed by atoms with E-state index < -0.39 is 0 Å². The molecule has 0 unspecified atom stereocenters. The van der Waals surface area contributed by atoms with Crippen molar-refractivity contribution in [3.8, 4) is 5.75 Å². The predicted molar refractivity (Wildman–Crippen MR) is 98.3 cm³/mol. The molecule has 0 aliphatic carbocycles. The fourth-order valence-corrected chi connectivity index (χ4v) is 3.50. The predicted octanol–water partition coefficient (Wildman–Crippen LogP) is 3.64. The van der Waals surface area contributed by atoms with Gasteiger partial charge in [0.25, 0.3) is 0 Å². The number of aromatic nitrogens is 3. The first-order valence-corrected chi connectivity index (χ1v) is 9.08. The van der Waals surface area contributed by atoms with Crippen LogP contribution < -0.4 is 4.74 Å². The Balaban J connectivity index is 1.27. The van der Waals surface area contributed by atoms with Gasteiger partial charge in [0.1, 0.15) is 18.2 Å². The maximum Gasteiger partial charge on any atom is 0.160 e. The van der Waals surface area contributed by atoms with Crippen molar-refractivity contribution in [2.75, 3.05) is 26.2 Å². The zero-order valence-corrected chi connectivity index (χ0v) is 14.8. The van der Waals surface area contributed by atoms with Crippen molar-refractivity contribution < 1.29 is 4.74 Å². The molecule has 0 radical (unpaired) electrons. The molecule has 0 saturated carbocycles. The Labute approximate surface area is 152 Å². The molecule has 3 heterocycles. The van der Waals surface area contributed by atoms with Crippen molar-refractivity contribution in [3.05, 3.63) is 59.5 Å². The number of halogens is 1. The summed E-state index contributed by atoms with van der Waals surface area (Å²) in [5.41, 5.74) is 0.927. The second-order valence-corrected chi connectivity index (χ2v) is 6.84. The lowest BCUT2D eigenvalue weighted by Crippen LogP contribution is -2.36. The molecule has 3 aromatic rings. The van der Waals surface area contributed by atoms with Crippen LogP contribution in [0.3, 0.4) is 0 Å². The molecule has 0 amide bonds. The molecule has 1 fully saturated rings. The Morgan fingerprint density at radius 3 is 2.64 bits per heavy atom. The highest BCUT2D eigenvalue weighted by Crippen LogP contribution is 2.27. The van der Waals surface area contributed by atoms with Crippen LogP contribution in [0, 0.1) is 0 Å². The molecule has 0 N–H and O–H groups in total. The molecule has 1 saturated heterocycles. The molecule has 130 valence electrons. The zero-order valence-electron chi connectivity index (χ0n) is 14.0. The Morgan fingerprint density at radius 1 is 1.04 bits per heavy atom. The van der Waals surface area contributed by atoms with E-state index in [0.717, 1.165) is 54.7 Å². The van der Waals surface area contributed by atoms with Crippen molar-refractivity contribution in [1.29, 1.82) is 0 Å². The lowest BCUT2D eigenvalue weighted by atomic mass is 9.96. The fraction of sp³-hybridized carbons (Fsp3) is 0.368. The van der Waals surface area contributed by atoms with E-state index in [4.69, 9.17) is 16.3 Å². The summed E-state index contributed by atoms with van der Waals surface area (Å²) >= 11 is 5.88. The minimum absolute atomic E-state index is 0.478. The number of fused-ring (bicyclic) bond motifs is 1. The maximum absolute atomic E-state index is 5.88. The van der Waals surface area contributed by atoms with E-state index in [9.17, 15) is 0 Å². The SMILES string of the molecule is Clc1ccc(OCCN2CCC(c3nnc4ccccn34)CC2)cc1. The average molecular weight is 357 g/mol. The Kier molecular flexibility index (Phi) is 4.85. The smallest absolute Gasteiger partial charge is 0.160 e. The quantitative estimate of drug-likeness (QED) is 0.700. The van der Waals surface area contributed by atoms with E-state index in [2.05, 4.69) is 25.7 Å². The number of nitrogens with zero attached hydrogens (tertiary/aromatic N) is 4. The van der Waals surface area contributed by atoms with E-state index in [1.165, 1.54) is 0 Å². The number of pyridine rings is 1. The van der Waals surface area contributed by atoms with Gasteiger partial charge in [0.15, 0.2) is 5.65 Å². The standard InChI is InChI=1S/C19H21ClN4O/c20-16-4-6-17(7-5-16)25-14-13-23-11-8-15(9-12-23)19-22-21-18-3-1-2-10-24(18)19/h1-7,10,15H,8-9,11-14H2. The number of hydrogen-bond acceptors (Lipinski definition) is 4. The monoisotopic (exact) mass is 356 g/mol. The number of rotatable bonds is 5. The highest BCUT2D eigenvalue weighted by Gasteiger charge is 2.24. The minimum Gasteiger partial charge on any atom is -0.492 e. The van der Waals surface area contributed by atoms with Crippen molar-refractivity contribution in [2.45, 2.75) is 18.8 Å². The van der Waals surface area contributed by atoms with Crippen LogP contribution in [-0.4, -0.2) is 45.7 Å². The molecule has 25 heavy (non-hydrogen) atoms. The summed E-state index contributed by atoms with van der Waals surface area (Å²) in [6, 6.07) is 13.5. The highest BCUT2D eigenvalue weighted by molar-refractivity contribution is 6.30. The van der Waals surface area contributed by atoms with Crippen LogP contribution in [-0.2, 0) is 0 Å². The first-order valence-electron chi connectivity index (χ1n) is 8.70. The fourth-order valence-electron chi connectivity index (χ4n) is 3.38. The Bertz CT molecular complexity index is 825. The van der Waals surface area contributed by atoms with Gasteiger partial charge in [0.05, 0.1) is 0 Å². The highest BCUT2D eigenvalue weighted by atomic mass is 35.5. The summed E-state index contributed by atoms with van der Waals surface area (Å²) in [5, 5.41) is 9.42. The Morgan fingerprint density at radius 2 is 1.84 bits per heavy atom. The Hall–Kier alpha value is -2.11. The summed E-state index contributed by atoms with van der Waals surface area (Å²) < 4.78 is 7.91. The molecule has 0 atom stereocenters. The van der Waals surface area contributed by atoms with E-state index in [0.29, 0.717) is 12.5 Å². The van der Waals surface area contributed by atoms with Gasteiger partial charge >= 0.3 is 0 Å². The van der Waals surface area contributed by atoms with Gasteiger partial charge in [-0.3, -0.25) is 9.30 Å². The van der Waals surface area contributed by atoms with Crippen LogP contribution in [0.25, 0.3) is 5.65 Å². The second kappa shape index (κ2) is 7.42. The molecule has 0 spiro atoms. The lowest BCUT2D eigenvalue weighted by Gasteiger charge is -2.31. The molecular weight excluding hydrogens is 336 g/mol. The first kappa shape index (κ1) is 16.4. The van der Waals surface area contributed by atoms with Gasteiger partial charge < -0.3 is 4.74 Å². The van der Waals surface area contributed by atoms with E-state index in [-0.39, 0.29) is 0 Å². The molecule has 2 aromatic heterocycles. The average Bonchev–Trinajstić information content (AvgIpc) is 3.08. The molecule has 6 heteroatoms. The van der Waals surface area contributed by atoms with E-state index in [1.807, 2.05) is 42.5 Å². The van der Waals surface area contributed by atoms with Crippen molar-refractivity contribution in [3.63, 3.8) is 0 Å². The number of piperidine rings is 1. The van der Waals surface area contributed by atoms with Gasteiger partial charge in [-0.1, -0.05) is 17.7 Å². The molecule has 1 aliphatic heterocycles. The molecule has 4 rings (SSSR count). The van der Waals surface area contributed by atoms with Crippen LogP contribution in [0.4, 0.5) is 0 Å². The minimum atomic E-state index is 0.478. The van der Waals surface area contributed by atoms with Crippen molar-refractivity contribution in [2.24, 2.45) is 0 Å². The molecule has 1 aromatic carbocycles. The van der Waals surface area contributed by atoms with Gasteiger partial charge in [-0.15, -0.1) is 10.2 Å². The summed E-state index contributed by atoms with van der Waals surface area (Å²) in [4.78, 5) is 2.45. The largest absolute Gasteiger partial charge is 0.492 e. The van der Waals surface area contributed by atoms with Crippen LogP contribution >= 0.6 is 11.6 Å². The third-order valence-electron chi connectivity index (χ3n) is 4.78. The topological polar surface area (TPSA) is 42.7 Å². The molecule has 0 bridgehead atoms. The van der Waals surface area contributed by atoms with E-state index >= 15 is 0 Å². The zero-order chi connectivity index (χ0) is 17.1. The van der Waals surface area contributed by atoms with Gasteiger partial charge in [0, 0.05) is 23.7 Å². The number of benzene rings is 1. The molecular formula is C19H21ClN4O. The number of ether oxygens (including phenoxy) is 1. The number of hydrogen-bond donors (Lipinski definition) is 0. The van der Waals surface area contributed by atoms with E-state index in [1.54, 1.807) is 0 Å². The van der Waals surface area contributed by atoms with Gasteiger partial charge in [0.2, 0.25) is 0 Å². The normalized spacial score (nSPS) is 16.4. The van der Waals surface area contributed by atoms with Crippen molar-refractivity contribution in [1.82, 2.24) is 19.5 Å². The summed E-state index contributed by atoms with van der Waals surface area (Å²) in [6.07, 6.45) is 4.27. The van der Waals surface area contributed by atoms with Crippen LogP contribution in [0.2, 0.25) is 5.02 Å². The summed E-state index contributed by atoms with van der Waals surface area (Å²) in [6.45, 7) is 3.77. The third-order valence-corrected chi connectivity index (χ3v) is 5.03. The van der Waals surface area contributed by atoms with Gasteiger partial charge in [-0.25, -0.2) is 0 Å². The van der Waals surface area contributed by atoms with Gasteiger partial charge in [-0.2, -0.15) is 0 Å². The summed E-state index contributed by atoms with van der Waals surface area (Å²) in [7, 11) is 0. The summed E-state index contributed by atoms with van der Waals surface area (Å²) in [5.74, 6) is 2.44. The first-order chi connectivity index (χ1) is 12.3. The number of likely N-dealkylation sites (tertiary alicyclic amines) is 1. The molecule has 5 nitrogen and oxygen atoms in total. The third kappa shape index (κ3) is 3.78. The van der Waals surface area contributed by atoms with Crippen LogP contribution in [0.5, 0.6) is 5.75 Å². The molecule has 1 aliphatic rings. The second-order valence-electron chi connectivity index (χ2n) is 6.41. The van der Waals surface area contributed by atoms with Crippen LogP contribution in [0.1, 0.15) is 24.6 Å². The van der Waals surface area contributed by atoms with Gasteiger partial charge in [-0.05, 0) is 62.3 Å². The van der Waals surface area contributed by atoms with Crippen molar-refractivity contribution >= 4 is 17.2 Å². The lowest BCUT2D eigenvalue weighted by molar-refractivity contribution is 0.171. The van der Waals surface area contributed by atoms with Crippen LogP contribution in [0.15, 0.2) is 48.7 Å². The maximum atomic E-state index is 5.88.